The van der Waals surface area contributed by atoms with Gasteiger partial charge in [0.15, 0.2) is 0 Å². The van der Waals surface area contributed by atoms with Gasteiger partial charge in [0.2, 0.25) is 0 Å². The average molecular weight is 279 g/mol. The first-order chi connectivity index (χ1) is 5.13. The van der Waals surface area contributed by atoms with Crippen molar-refractivity contribution in [1.82, 2.24) is 0 Å². The van der Waals surface area contributed by atoms with Crippen molar-refractivity contribution in [3.05, 3.63) is 24.3 Å². The van der Waals surface area contributed by atoms with E-state index in [-0.39, 0.29) is 24.0 Å². The number of likely N-dealkylation sites (tertiary alicyclic amines) is 1. The molecule has 12 heavy (non-hydrogen) atoms. The second kappa shape index (κ2) is 4.42. The van der Waals surface area contributed by atoms with Crippen molar-refractivity contribution < 1.29 is 28.5 Å². The molecule has 0 saturated carbocycles. The van der Waals surface area contributed by atoms with E-state index in [1.807, 2.05) is 0 Å². The molecule has 0 radical (unpaired) electrons. The fraction of sp³-hybridized carbons (Fsp3) is 0.600. The summed E-state index contributed by atoms with van der Waals surface area (Å²) in [7, 11) is 0. The lowest BCUT2D eigenvalue weighted by Crippen LogP contribution is -3.00. The molecule has 1 rings (SSSR count). The molecule has 70 valence electrons. The Balaban J connectivity index is 0.00000121. The first kappa shape index (κ1) is 12.2. The zero-order valence-corrected chi connectivity index (χ0v) is 10.2. The summed E-state index contributed by atoms with van der Waals surface area (Å²) < 4.78 is 1.16. The minimum Gasteiger partial charge on any atom is -1.00 e. The molecule has 1 aliphatic heterocycles. The molecule has 1 nitrogen and oxygen atoms in total. The van der Waals surface area contributed by atoms with Crippen LogP contribution in [0.4, 0.5) is 0 Å². The molecule has 2 heteroatoms. The lowest BCUT2D eigenvalue weighted by Gasteiger charge is -2.30. The summed E-state index contributed by atoms with van der Waals surface area (Å²) in [6.07, 6.45) is 0. The number of halogens is 1. The zero-order valence-electron chi connectivity index (χ0n) is 8.07. The summed E-state index contributed by atoms with van der Waals surface area (Å²) in [5.41, 5.74) is 2.52. The van der Waals surface area contributed by atoms with Crippen LogP contribution in [0.2, 0.25) is 0 Å². The van der Waals surface area contributed by atoms with Crippen LogP contribution in [-0.4, -0.2) is 30.7 Å². The van der Waals surface area contributed by atoms with Crippen molar-refractivity contribution in [2.75, 3.05) is 26.2 Å². The number of hydrogen-bond donors (Lipinski definition) is 0. The highest BCUT2D eigenvalue weighted by atomic mass is 127. The van der Waals surface area contributed by atoms with Crippen LogP contribution in [0, 0.1) is 0 Å². The van der Waals surface area contributed by atoms with Crippen LogP contribution in [0.15, 0.2) is 24.3 Å². The number of quaternary nitrogens is 1. The molecule has 1 fully saturated rings. The van der Waals surface area contributed by atoms with Crippen LogP contribution in [0.3, 0.4) is 0 Å². The van der Waals surface area contributed by atoms with Gasteiger partial charge in [0, 0.05) is 11.1 Å². The van der Waals surface area contributed by atoms with Crippen molar-refractivity contribution in [2.24, 2.45) is 0 Å². The molecule has 0 N–H and O–H groups in total. The summed E-state index contributed by atoms with van der Waals surface area (Å²) in [5, 5.41) is 0. The topological polar surface area (TPSA) is 0 Å². The Hall–Kier alpha value is 0.170. The molecule has 0 atom stereocenters. The number of nitrogens with zero attached hydrogens (tertiary/aromatic N) is 1. The van der Waals surface area contributed by atoms with Gasteiger partial charge in [0.25, 0.3) is 0 Å². The summed E-state index contributed by atoms with van der Waals surface area (Å²) in [5.74, 6) is 0. The summed E-state index contributed by atoms with van der Waals surface area (Å²) in [4.78, 5) is 0. The zero-order chi connectivity index (χ0) is 8.48. The van der Waals surface area contributed by atoms with Gasteiger partial charge in [-0.1, -0.05) is 13.2 Å². The summed E-state index contributed by atoms with van der Waals surface area (Å²) in [6, 6.07) is 0. The fourth-order valence-electron chi connectivity index (χ4n) is 1.76. The Morgan fingerprint density at radius 1 is 1.08 bits per heavy atom. The Bertz CT molecular complexity index is 174. The van der Waals surface area contributed by atoms with E-state index in [9.17, 15) is 0 Å². The van der Waals surface area contributed by atoms with E-state index in [0.717, 1.165) is 17.6 Å². The molecule has 1 saturated heterocycles. The highest BCUT2D eigenvalue weighted by molar-refractivity contribution is 5.29. The minimum atomic E-state index is 0. The third-order valence-corrected chi connectivity index (χ3v) is 2.89. The van der Waals surface area contributed by atoms with Gasteiger partial charge < -0.3 is 28.5 Å². The fourth-order valence-corrected chi connectivity index (χ4v) is 1.76. The van der Waals surface area contributed by atoms with Crippen LogP contribution >= 0.6 is 0 Å². The van der Waals surface area contributed by atoms with Gasteiger partial charge in [-0.3, -0.25) is 0 Å². The van der Waals surface area contributed by atoms with Crippen molar-refractivity contribution >= 4 is 0 Å². The van der Waals surface area contributed by atoms with E-state index in [1.54, 1.807) is 0 Å². The van der Waals surface area contributed by atoms with Crippen LogP contribution in [0.25, 0.3) is 0 Å². The van der Waals surface area contributed by atoms with Crippen LogP contribution < -0.4 is 24.0 Å². The molecule has 0 bridgehead atoms. The van der Waals surface area contributed by atoms with Crippen LogP contribution in [0.5, 0.6) is 0 Å². The lowest BCUT2D eigenvalue weighted by atomic mass is 10.2. The largest absolute Gasteiger partial charge is 1.00 e. The van der Waals surface area contributed by atoms with E-state index >= 15 is 0 Å². The molecule has 0 amide bonds. The molecule has 1 heterocycles. The minimum absolute atomic E-state index is 0. The maximum absolute atomic E-state index is 4.01. The smallest absolute Gasteiger partial charge is 0.104 e. The summed E-state index contributed by atoms with van der Waals surface area (Å²) >= 11 is 0. The van der Waals surface area contributed by atoms with Crippen molar-refractivity contribution in [3.63, 3.8) is 0 Å². The van der Waals surface area contributed by atoms with Gasteiger partial charge >= 0.3 is 0 Å². The standard InChI is InChI=1S/C10H18N.HI/c1-5-11(6-2)7-9(3)10(4)8-11;/h3-8H2,1-2H3;1H/q+1;/p-1. The maximum Gasteiger partial charge on any atom is 0.104 e. The molecular weight excluding hydrogens is 261 g/mol. The van der Waals surface area contributed by atoms with Gasteiger partial charge in [-0.25, -0.2) is 0 Å². The Morgan fingerprint density at radius 2 is 1.42 bits per heavy atom. The lowest BCUT2D eigenvalue weighted by molar-refractivity contribution is -0.908. The quantitative estimate of drug-likeness (QED) is 0.448. The second-order valence-electron chi connectivity index (χ2n) is 3.50. The molecule has 0 aromatic rings. The molecule has 0 aliphatic carbocycles. The third kappa shape index (κ3) is 2.10. The van der Waals surface area contributed by atoms with Crippen LogP contribution in [0.1, 0.15) is 13.8 Å². The molecule has 0 aromatic heterocycles. The van der Waals surface area contributed by atoms with Gasteiger partial charge in [-0.15, -0.1) is 0 Å². The van der Waals surface area contributed by atoms with Crippen LogP contribution in [-0.2, 0) is 0 Å². The van der Waals surface area contributed by atoms with Gasteiger partial charge in [0.1, 0.15) is 13.1 Å². The normalized spacial score (nSPS) is 20.8. The Labute approximate surface area is 92.8 Å². The van der Waals surface area contributed by atoms with E-state index in [1.165, 1.54) is 24.2 Å². The number of rotatable bonds is 2. The SMILES string of the molecule is C=C1C[N+](CC)(CC)CC1=C.[I-]. The first-order valence-corrected chi connectivity index (χ1v) is 4.34. The number of likely N-dealkylation sites (N-methyl/N-ethyl adjacent to an activating group) is 1. The monoisotopic (exact) mass is 279 g/mol. The second-order valence-corrected chi connectivity index (χ2v) is 3.50. The van der Waals surface area contributed by atoms with E-state index in [2.05, 4.69) is 27.0 Å². The third-order valence-electron chi connectivity index (χ3n) is 2.89. The van der Waals surface area contributed by atoms with Gasteiger partial charge in [0.05, 0.1) is 13.1 Å². The van der Waals surface area contributed by atoms with Gasteiger partial charge in [-0.05, 0) is 13.8 Å². The number of hydrogen-bond acceptors (Lipinski definition) is 0. The maximum atomic E-state index is 4.01. The molecule has 0 aromatic carbocycles. The molecule has 0 unspecified atom stereocenters. The summed E-state index contributed by atoms with van der Waals surface area (Å²) in [6.45, 7) is 17.2. The average Bonchev–Trinajstić information content (AvgIpc) is 2.29. The Morgan fingerprint density at radius 3 is 1.58 bits per heavy atom. The molecular formula is C10H18IN. The predicted octanol–water partition coefficient (Wildman–Crippen LogP) is -1.03. The van der Waals surface area contributed by atoms with Crippen molar-refractivity contribution in [2.45, 2.75) is 13.8 Å². The van der Waals surface area contributed by atoms with Crippen molar-refractivity contribution in [3.8, 4) is 0 Å². The Kier molecular flexibility index (Phi) is 4.48. The van der Waals surface area contributed by atoms with E-state index < -0.39 is 0 Å². The predicted molar refractivity (Wildman–Crippen MR) is 49.4 cm³/mol. The van der Waals surface area contributed by atoms with Crippen molar-refractivity contribution in [1.29, 1.82) is 0 Å². The van der Waals surface area contributed by atoms with Gasteiger partial charge in [-0.2, -0.15) is 0 Å². The van der Waals surface area contributed by atoms with E-state index in [0.29, 0.717) is 0 Å². The highest BCUT2D eigenvalue weighted by Crippen LogP contribution is 2.25. The molecule has 1 aliphatic rings. The van der Waals surface area contributed by atoms with E-state index in [4.69, 9.17) is 0 Å². The molecule has 0 spiro atoms. The first-order valence-electron chi connectivity index (χ1n) is 4.34. The highest BCUT2D eigenvalue weighted by Gasteiger charge is 2.32.